The van der Waals surface area contributed by atoms with E-state index in [4.69, 9.17) is 9.84 Å². The number of aliphatic hydroxyl groups excluding tert-OH is 1. The van der Waals surface area contributed by atoms with Crippen molar-refractivity contribution in [1.29, 1.82) is 0 Å². The minimum absolute atomic E-state index is 0.0612. The summed E-state index contributed by atoms with van der Waals surface area (Å²) in [7, 11) is 3.77. The van der Waals surface area contributed by atoms with Gasteiger partial charge in [0.1, 0.15) is 5.75 Å². The number of aryl methyl sites for hydroxylation is 1. The van der Waals surface area contributed by atoms with Gasteiger partial charge < -0.3 is 14.7 Å². The molecule has 0 heterocycles. The Morgan fingerprint density at radius 1 is 1.33 bits per heavy atom. The van der Waals surface area contributed by atoms with Crippen molar-refractivity contribution in [3.8, 4) is 5.75 Å². The fraction of sp³-hybridized carbons (Fsp3) is 0.600. The van der Waals surface area contributed by atoms with Crippen molar-refractivity contribution < 1.29 is 9.84 Å². The van der Waals surface area contributed by atoms with Crippen LogP contribution >= 0.6 is 0 Å². The van der Waals surface area contributed by atoms with Gasteiger partial charge in [0, 0.05) is 24.9 Å². The maximum absolute atomic E-state index is 9.13. The lowest BCUT2D eigenvalue weighted by Crippen LogP contribution is -2.42. The van der Waals surface area contributed by atoms with Crippen LogP contribution in [-0.2, 0) is 6.42 Å². The van der Waals surface area contributed by atoms with Gasteiger partial charge in [-0.2, -0.15) is 0 Å². The lowest BCUT2D eigenvalue weighted by atomic mass is 9.98. The lowest BCUT2D eigenvalue weighted by Gasteiger charge is -2.37. The normalized spacial score (nSPS) is 11.4. The van der Waals surface area contributed by atoms with Crippen LogP contribution in [0.25, 0.3) is 0 Å². The number of anilines is 1. The highest BCUT2D eigenvalue weighted by Gasteiger charge is 2.23. The zero-order valence-corrected chi connectivity index (χ0v) is 12.2. The molecule has 0 saturated heterocycles. The van der Waals surface area contributed by atoms with E-state index in [1.54, 1.807) is 7.11 Å². The van der Waals surface area contributed by atoms with E-state index in [0.717, 1.165) is 24.3 Å². The van der Waals surface area contributed by atoms with E-state index in [2.05, 4.69) is 44.9 Å². The van der Waals surface area contributed by atoms with E-state index >= 15 is 0 Å². The molecule has 0 aromatic heterocycles. The molecule has 0 bridgehead atoms. The molecule has 0 fully saturated rings. The molecule has 0 radical (unpaired) electrons. The second-order valence-electron chi connectivity index (χ2n) is 5.19. The molecule has 18 heavy (non-hydrogen) atoms. The van der Waals surface area contributed by atoms with E-state index in [1.807, 2.05) is 6.07 Å². The SMILES string of the molecule is CCc1cc(N(C)C(C)(C)CCO)ccc1OC. The van der Waals surface area contributed by atoms with Crippen LogP contribution in [0.1, 0.15) is 32.8 Å². The largest absolute Gasteiger partial charge is 0.496 e. The number of nitrogens with zero attached hydrogens (tertiary/aromatic N) is 1. The van der Waals surface area contributed by atoms with E-state index in [-0.39, 0.29) is 12.1 Å². The van der Waals surface area contributed by atoms with Crippen LogP contribution in [0.3, 0.4) is 0 Å². The van der Waals surface area contributed by atoms with Gasteiger partial charge in [-0.25, -0.2) is 0 Å². The molecule has 1 N–H and O–H groups in total. The summed E-state index contributed by atoms with van der Waals surface area (Å²) in [6, 6.07) is 6.24. The molecule has 1 aromatic carbocycles. The summed E-state index contributed by atoms with van der Waals surface area (Å²) >= 11 is 0. The van der Waals surface area contributed by atoms with Crippen molar-refractivity contribution in [2.75, 3.05) is 25.7 Å². The minimum atomic E-state index is -0.0612. The summed E-state index contributed by atoms with van der Waals surface area (Å²) in [5.74, 6) is 0.939. The zero-order chi connectivity index (χ0) is 13.8. The first-order valence-electron chi connectivity index (χ1n) is 6.48. The fourth-order valence-electron chi connectivity index (χ4n) is 2.04. The number of rotatable bonds is 6. The smallest absolute Gasteiger partial charge is 0.122 e. The maximum atomic E-state index is 9.13. The summed E-state index contributed by atoms with van der Waals surface area (Å²) < 4.78 is 5.35. The predicted molar refractivity (Wildman–Crippen MR) is 76.6 cm³/mol. The van der Waals surface area contributed by atoms with Crippen molar-refractivity contribution in [2.45, 2.75) is 39.2 Å². The highest BCUT2D eigenvalue weighted by atomic mass is 16.5. The fourth-order valence-corrected chi connectivity index (χ4v) is 2.04. The van der Waals surface area contributed by atoms with Gasteiger partial charge in [-0.05, 0) is 50.5 Å². The Labute approximate surface area is 110 Å². The number of benzene rings is 1. The molecule has 1 aromatic rings. The van der Waals surface area contributed by atoms with Crippen LogP contribution in [0.5, 0.6) is 5.75 Å². The molecule has 0 amide bonds. The van der Waals surface area contributed by atoms with Crippen LogP contribution in [0.4, 0.5) is 5.69 Å². The molecule has 0 atom stereocenters. The molecular formula is C15H25NO2. The second-order valence-corrected chi connectivity index (χ2v) is 5.19. The van der Waals surface area contributed by atoms with Gasteiger partial charge in [-0.15, -0.1) is 0 Å². The Hall–Kier alpha value is -1.22. The van der Waals surface area contributed by atoms with E-state index < -0.39 is 0 Å². The molecule has 102 valence electrons. The Bertz CT molecular complexity index is 388. The molecule has 3 nitrogen and oxygen atoms in total. The first-order chi connectivity index (χ1) is 8.46. The topological polar surface area (TPSA) is 32.7 Å². The van der Waals surface area contributed by atoms with Crippen LogP contribution in [0.2, 0.25) is 0 Å². The van der Waals surface area contributed by atoms with Gasteiger partial charge in [-0.1, -0.05) is 6.92 Å². The lowest BCUT2D eigenvalue weighted by molar-refractivity contribution is 0.250. The van der Waals surface area contributed by atoms with Gasteiger partial charge in [0.25, 0.3) is 0 Å². The molecule has 1 rings (SSSR count). The van der Waals surface area contributed by atoms with Crippen molar-refractivity contribution in [3.63, 3.8) is 0 Å². The summed E-state index contributed by atoms with van der Waals surface area (Å²) in [5, 5.41) is 9.13. The van der Waals surface area contributed by atoms with E-state index in [0.29, 0.717) is 0 Å². The molecule has 0 aliphatic carbocycles. The molecule has 0 unspecified atom stereocenters. The Morgan fingerprint density at radius 3 is 2.50 bits per heavy atom. The van der Waals surface area contributed by atoms with Crippen molar-refractivity contribution in [2.24, 2.45) is 0 Å². The first-order valence-corrected chi connectivity index (χ1v) is 6.48. The highest BCUT2D eigenvalue weighted by molar-refractivity contribution is 5.54. The third kappa shape index (κ3) is 3.16. The van der Waals surface area contributed by atoms with Crippen molar-refractivity contribution in [1.82, 2.24) is 0 Å². The standard InChI is InChI=1S/C15H25NO2/c1-6-12-11-13(7-8-14(12)18-5)16(4)15(2,3)9-10-17/h7-8,11,17H,6,9-10H2,1-5H3. The summed E-state index contributed by atoms with van der Waals surface area (Å²) in [5.41, 5.74) is 2.31. The summed E-state index contributed by atoms with van der Waals surface area (Å²) in [6.07, 6.45) is 1.70. The molecule has 0 aliphatic rings. The average Bonchev–Trinajstić information content (AvgIpc) is 2.36. The number of ether oxygens (including phenoxy) is 1. The maximum Gasteiger partial charge on any atom is 0.122 e. The van der Waals surface area contributed by atoms with Gasteiger partial charge in [0.15, 0.2) is 0 Å². The number of hydrogen-bond donors (Lipinski definition) is 1. The van der Waals surface area contributed by atoms with Crippen LogP contribution in [0, 0.1) is 0 Å². The van der Waals surface area contributed by atoms with Crippen LogP contribution < -0.4 is 9.64 Å². The number of aliphatic hydroxyl groups is 1. The number of hydrogen-bond acceptors (Lipinski definition) is 3. The molecule has 0 spiro atoms. The minimum Gasteiger partial charge on any atom is -0.496 e. The van der Waals surface area contributed by atoms with Crippen LogP contribution in [-0.4, -0.2) is 31.4 Å². The van der Waals surface area contributed by atoms with E-state index in [1.165, 1.54) is 5.56 Å². The Kier molecular flexibility index (Phi) is 5.03. The highest BCUT2D eigenvalue weighted by Crippen LogP contribution is 2.29. The average molecular weight is 251 g/mol. The Morgan fingerprint density at radius 2 is 2.00 bits per heavy atom. The van der Waals surface area contributed by atoms with Crippen LogP contribution in [0.15, 0.2) is 18.2 Å². The van der Waals surface area contributed by atoms with Gasteiger partial charge in [0.2, 0.25) is 0 Å². The second kappa shape index (κ2) is 6.10. The summed E-state index contributed by atoms with van der Waals surface area (Å²) in [6.45, 7) is 6.60. The molecule has 0 aliphatic heterocycles. The van der Waals surface area contributed by atoms with Gasteiger partial charge in [-0.3, -0.25) is 0 Å². The third-order valence-electron chi connectivity index (χ3n) is 3.66. The summed E-state index contributed by atoms with van der Waals surface area (Å²) in [4.78, 5) is 2.21. The monoisotopic (exact) mass is 251 g/mol. The van der Waals surface area contributed by atoms with Gasteiger partial charge in [0.05, 0.1) is 7.11 Å². The number of methoxy groups -OCH3 is 1. The Balaban J connectivity index is 3.03. The zero-order valence-electron chi connectivity index (χ0n) is 12.2. The molecule has 0 saturated carbocycles. The quantitative estimate of drug-likeness (QED) is 0.844. The van der Waals surface area contributed by atoms with E-state index in [9.17, 15) is 0 Å². The third-order valence-corrected chi connectivity index (χ3v) is 3.66. The molecular weight excluding hydrogens is 226 g/mol. The van der Waals surface area contributed by atoms with Crippen molar-refractivity contribution in [3.05, 3.63) is 23.8 Å². The van der Waals surface area contributed by atoms with Crippen molar-refractivity contribution >= 4 is 5.69 Å². The molecule has 3 heteroatoms. The predicted octanol–water partition coefficient (Wildman–Crippen LogP) is 2.85. The van der Waals surface area contributed by atoms with Gasteiger partial charge >= 0.3 is 0 Å². The first kappa shape index (κ1) is 14.8.